The Bertz CT molecular complexity index is 355. The molecule has 0 aliphatic carbocycles. The highest BCUT2D eigenvalue weighted by Gasteiger charge is 2.01. The minimum absolute atomic E-state index is 0.0695. The molecule has 0 heterocycles. The van der Waals surface area contributed by atoms with Gasteiger partial charge in [0.05, 0.1) is 6.61 Å². The number of nitrogens with one attached hydrogen (secondary N) is 2. The van der Waals surface area contributed by atoms with Crippen LogP contribution < -0.4 is 15.4 Å². The fraction of sp³-hybridized carbons (Fsp3) is 0.417. The van der Waals surface area contributed by atoms with Crippen molar-refractivity contribution in [3.05, 3.63) is 24.3 Å². The van der Waals surface area contributed by atoms with E-state index in [2.05, 4.69) is 10.6 Å². The van der Waals surface area contributed by atoms with Gasteiger partial charge in [-0.1, -0.05) is 6.07 Å². The second-order valence-electron chi connectivity index (χ2n) is 3.42. The van der Waals surface area contributed by atoms with Gasteiger partial charge in [0.1, 0.15) is 5.75 Å². The smallest absolute Gasteiger partial charge is 0.319 e. The first kappa shape index (κ1) is 13.3. The number of hydrogen-bond acceptors (Lipinski definition) is 3. The van der Waals surface area contributed by atoms with E-state index in [1.54, 1.807) is 12.1 Å². The van der Waals surface area contributed by atoms with E-state index in [0.717, 1.165) is 5.75 Å². The summed E-state index contributed by atoms with van der Waals surface area (Å²) < 4.78 is 5.32. The molecule has 0 aliphatic rings. The van der Waals surface area contributed by atoms with Crippen molar-refractivity contribution in [1.82, 2.24) is 5.32 Å². The zero-order chi connectivity index (χ0) is 12.5. The Hall–Kier alpha value is -1.75. The van der Waals surface area contributed by atoms with Crippen LogP contribution in [0.15, 0.2) is 24.3 Å². The van der Waals surface area contributed by atoms with Gasteiger partial charge in [-0.15, -0.1) is 0 Å². The maximum absolute atomic E-state index is 11.4. The van der Waals surface area contributed by atoms with Crippen LogP contribution in [0.25, 0.3) is 0 Å². The van der Waals surface area contributed by atoms with E-state index in [1.165, 1.54) is 0 Å². The number of urea groups is 1. The van der Waals surface area contributed by atoms with Crippen LogP contribution in [0.2, 0.25) is 0 Å². The molecule has 0 bridgehead atoms. The molecule has 3 N–H and O–H groups in total. The fourth-order valence-electron chi connectivity index (χ4n) is 1.29. The normalized spacial score (nSPS) is 9.76. The third-order valence-electron chi connectivity index (χ3n) is 2.02. The highest BCUT2D eigenvalue weighted by Crippen LogP contribution is 2.16. The second-order valence-corrected chi connectivity index (χ2v) is 3.42. The van der Waals surface area contributed by atoms with Crippen LogP contribution in [0.1, 0.15) is 13.3 Å². The van der Waals surface area contributed by atoms with Gasteiger partial charge in [0.15, 0.2) is 0 Å². The molecule has 0 saturated heterocycles. The Morgan fingerprint density at radius 3 is 3.00 bits per heavy atom. The summed E-state index contributed by atoms with van der Waals surface area (Å²) in [5, 5.41) is 13.9. The number of ether oxygens (including phenoxy) is 1. The SMILES string of the molecule is CCOc1cccc(NC(=O)NCCCO)c1. The van der Waals surface area contributed by atoms with Gasteiger partial charge in [-0.3, -0.25) is 0 Å². The van der Waals surface area contributed by atoms with Crippen molar-refractivity contribution in [3.63, 3.8) is 0 Å². The molecule has 5 heteroatoms. The van der Waals surface area contributed by atoms with Gasteiger partial charge in [0, 0.05) is 24.9 Å². The van der Waals surface area contributed by atoms with Crippen LogP contribution in [0.3, 0.4) is 0 Å². The second kappa shape index (κ2) is 7.51. The van der Waals surface area contributed by atoms with Crippen molar-refractivity contribution in [2.24, 2.45) is 0 Å². The predicted octanol–water partition coefficient (Wildman–Crippen LogP) is 1.59. The van der Waals surface area contributed by atoms with Gasteiger partial charge < -0.3 is 20.5 Å². The predicted molar refractivity (Wildman–Crippen MR) is 66.3 cm³/mol. The lowest BCUT2D eigenvalue weighted by Gasteiger charge is -2.08. The number of aliphatic hydroxyl groups excluding tert-OH is 1. The molecule has 5 nitrogen and oxygen atoms in total. The number of amides is 2. The van der Waals surface area contributed by atoms with E-state index in [0.29, 0.717) is 25.3 Å². The van der Waals surface area contributed by atoms with E-state index < -0.39 is 0 Å². The number of aliphatic hydroxyl groups is 1. The Kier molecular flexibility index (Phi) is 5.88. The first-order valence-electron chi connectivity index (χ1n) is 5.65. The topological polar surface area (TPSA) is 70.6 Å². The van der Waals surface area contributed by atoms with Crippen LogP contribution in [-0.4, -0.2) is 30.9 Å². The first-order chi connectivity index (χ1) is 8.26. The fourth-order valence-corrected chi connectivity index (χ4v) is 1.29. The molecule has 0 unspecified atom stereocenters. The lowest BCUT2D eigenvalue weighted by Crippen LogP contribution is -2.29. The number of anilines is 1. The Labute approximate surface area is 101 Å². The molecule has 0 atom stereocenters. The number of carbonyl (C=O) groups excluding carboxylic acids is 1. The summed E-state index contributed by atoms with van der Waals surface area (Å²) in [6.45, 7) is 3.02. The molecule has 0 aromatic heterocycles. The first-order valence-corrected chi connectivity index (χ1v) is 5.65. The Morgan fingerprint density at radius 2 is 2.29 bits per heavy atom. The van der Waals surface area contributed by atoms with Crippen LogP contribution in [0.5, 0.6) is 5.75 Å². The number of carbonyl (C=O) groups is 1. The quantitative estimate of drug-likeness (QED) is 0.659. The maximum Gasteiger partial charge on any atom is 0.319 e. The molecule has 1 aromatic rings. The molecule has 0 fully saturated rings. The van der Waals surface area contributed by atoms with Gasteiger partial charge in [0.2, 0.25) is 0 Å². The molecule has 2 amide bonds. The highest BCUT2D eigenvalue weighted by atomic mass is 16.5. The van der Waals surface area contributed by atoms with E-state index in [-0.39, 0.29) is 12.6 Å². The third-order valence-corrected chi connectivity index (χ3v) is 2.02. The zero-order valence-electron chi connectivity index (χ0n) is 9.90. The number of rotatable bonds is 6. The molecule has 1 rings (SSSR count). The number of benzene rings is 1. The highest BCUT2D eigenvalue weighted by molar-refractivity contribution is 5.89. The standard InChI is InChI=1S/C12H18N2O3/c1-2-17-11-6-3-5-10(9-11)14-12(16)13-7-4-8-15/h3,5-6,9,15H,2,4,7-8H2,1H3,(H2,13,14,16). The van der Waals surface area contributed by atoms with Crippen molar-refractivity contribution >= 4 is 11.7 Å². The van der Waals surface area contributed by atoms with Crippen molar-refractivity contribution in [1.29, 1.82) is 0 Å². The van der Waals surface area contributed by atoms with Crippen LogP contribution >= 0.6 is 0 Å². The van der Waals surface area contributed by atoms with E-state index >= 15 is 0 Å². The van der Waals surface area contributed by atoms with Gasteiger partial charge in [-0.2, -0.15) is 0 Å². The average Bonchev–Trinajstić information content (AvgIpc) is 2.30. The van der Waals surface area contributed by atoms with Crippen molar-refractivity contribution in [2.45, 2.75) is 13.3 Å². The molecule has 1 aromatic carbocycles. The van der Waals surface area contributed by atoms with Gasteiger partial charge in [-0.05, 0) is 25.5 Å². The Balaban J connectivity index is 2.44. The van der Waals surface area contributed by atoms with Crippen molar-refractivity contribution in [3.8, 4) is 5.75 Å². The minimum Gasteiger partial charge on any atom is -0.494 e. The van der Waals surface area contributed by atoms with Gasteiger partial charge in [-0.25, -0.2) is 4.79 Å². The molecule has 17 heavy (non-hydrogen) atoms. The zero-order valence-corrected chi connectivity index (χ0v) is 9.90. The third kappa shape index (κ3) is 5.21. The lowest BCUT2D eigenvalue weighted by atomic mass is 10.3. The van der Waals surface area contributed by atoms with E-state index in [1.807, 2.05) is 19.1 Å². The van der Waals surface area contributed by atoms with E-state index in [4.69, 9.17) is 9.84 Å². The van der Waals surface area contributed by atoms with Crippen molar-refractivity contribution < 1.29 is 14.6 Å². The van der Waals surface area contributed by atoms with E-state index in [9.17, 15) is 4.79 Å². The summed E-state index contributed by atoms with van der Waals surface area (Å²) in [6.07, 6.45) is 0.548. The summed E-state index contributed by atoms with van der Waals surface area (Å²) in [4.78, 5) is 11.4. The summed E-state index contributed by atoms with van der Waals surface area (Å²) in [5.74, 6) is 0.723. The maximum atomic E-state index is 11.4. The van der Waals surface area contributed by atoms with Crippen LogP contribution in [0.4, 0.5) is 10.5 Å². The lowest BCUT2D eigenvalue weighted by molar-refractivity contribution is 0.249. The molecule has 0 spiro atoms. The van der Waals surface area contributed by atoms with Gasteiger partial charge >= 0.3 is 6.03 Å². The average molecular weight is 238 g/mol. The number of hydrogen-bond donors (Lipinski definition) is 3. The molecule has 94 valence electrons. The molecular weight excluding hydrogens is 220 g/mol. The van der Waals surface area contributed by atoms with Crippen molar-refractivity contribution in [2.75, 3.05) is 25.1 Å². The summed E-state index contributed by atoms with van der Waals surface area (Å²) in [7, 11) is 0. The Morgan fingerprint density at radius 1 is 1.47 bits per heavy atom. The minimum atomic E-state index is -0.285. The monoisotopic (exact) mass is 238 g/mol. The summed E-state index contributed by atoms with van der Waals surface area (Å²) >= 11 is 0. The molecule has 0 saturated carbocycles. The van der Waals surface area contributed by atoms with Crippen LogP contribution in [-0.2, 0) is 0 Å². The summed E-state index contributed by atoms with van der Waals surface area (Å²) in [6, 6.07) is 6.91. The molecule has 0 aliphatic heterocycles. The summed E-state index contributed by atoms with van der Waals surface area (Å²) in [5.41, 5.74) is 0.678. The largest absolute Gasteiger partial charge is 0.494 e. The molecule has 0 radical (unpaired) electrons. The van der Waals surface area contributed by atoms with Crippen LogP contribution in [0, 0.1) is 0 Å². The molecular formula is C12H18N2O3. The van der Waals surface area contributed by atoms with Gasteiger partial charge in [0.25, 0.3) is 0 Å².